The van der Waals surface area contributed by atoms with Crippen LogP contribution in [0.15, 0.2) is 0 Å². The monoisotopic (exact) mass is 356 g/mol. The lowest BCUT2D eigenvalue weighted by molar-refractivity contribution is 0.109. The van der Waals surface area contributed by atoms with Crippen LogP contribution in [0.25, 0.3) is 0 Å². The summed E-state index contributed by atoms with van der Waals surface area (Å²) < 4.78 is 5.61. The number of unbranched alkanes of at least 4 members (excludes halogenated alkanes) is 16. The van der Waals surface area contributed by atoms with Gasteiger partial charge in [0.15, 0.2) is 0 Å². The molecule has 0 saturated heterocycles. The molecule has 24 heavy (non-hydrogen) atoms. The summed E-state index contributed by atoms with van der Waals surface area (Å²) in [7, 11) is 0.868. The Morgan fingerprint density at radius 3 is 1.12 bits per heavy atom. The van der Waals surface area contributed by atoms with Gasteiger partial charge in [0.1, 0.15) is 10.5 Å². The average molecular weight is 357 g/mol. The maximum Gasteiger partial charge on any atom is 0.146 e. The van der Waals surface area contributed by atoms with Gasteiger partial charge in [0.2, 0.25) is 0 Å². The van der Waals surface area contributed by atoms with Crippen LogP contribution >= 0.6 is 0 Å². The van der Waals surface area contributed by atoms with Crippen LogP contribution in [-0.2, 0) is 4.43 Å². The van der Waals surface area contributed by atoms with Crippen molar-refractivity contribution in [2.45, 2.75) is 142 Å². The van der Waals surface area contributed by atoms with E-state index in [1.807, 2.05) is 0 Å². The van der Waals surface area contributed by atoms with E-state index in [0.717, 1.165) is 10.5 Å². The molecule has 0 aliphatic heterocycles. The van der Waals surface area contributed by atoms with E-state index in [9.17, 15) is 0 Å². The summed E-state index contributed by atoms with van der Waals surface area (Å²) in [6.07, 6.45) is 25.8. The minimum atomic E-state index is 0.141. The minimum absolute atomic E-state index is 0.141. The molecule has 0 aliphatic rings. The Balaban J connectivity index is 3.05. The van der Waals surface area contributed by atoms with Gasteiger partial charge in [0, 0.05) is 5.60 Å². The van der Waals surface area contributed by atoms with E-state index in [0.29, 0.717) is 0 Å². The van der Waals surface area contributed by atoms with E-state index in [2.05, 4.69) is 20.8 Å². The van der Waals surface area contributed by atoms with Crippen molar-refractivity contribution >= 4 is 10.5 Å². The van der Waals surface area contributed by atoms with Crippen molar-refractivity contribution in [3.8, 4) is 0 Å². The second-order valence-corrected chi connectivity index (χ2v) is 8.78. The fourth-order valence-electron chi connectivity index (χ4n) is 3.38. The third-order valence-electron chi connectivity index (χ3n) is 5.43. The molecule has 2 heteroatoms. The summed E-state index contributed by atoms with van der Waals surface area (Å²) in [6.45, 7) is 6.75. The lowest BCUT2D eigenvalue weighted by Gasteiger charge is -2.23. The molecule has 0 saturated carbocycles. The van der Waals surface area contributed by atoms with Gasteiger partial charge in [-0.05, 0) is 20.3 Å². The molecule has 0 aromatic carbocycles. The van der Waals surface area contributed by atoms with E-state index in [4.69, 9.17) is 4.43 Å². The topological polar surface area (TPSA) is 9.23 Å². The molecule has 0 N–H and O–H groups in total. The molecule has 1 nitrogen and oxygen atoms in total. The van der Waals surface area contributed by atoms with E-state index in [1.165, 1.54) is 116 Å². The summed E-state index contributed by atoms with van der Waals surface area (Å²) in [5, 5.41) is 0. The Morgan fingerprint density at radius 2 is 0.833 bits per heavy atom. The van der Waals surface area contributed by atoms with Gasteiger partial charge in [0.25, 0.3) is 0 Å². The molecule has 0 fully saturated rings. The van der Waals surface area contributed by atoms with E-state index < -0.39 is 0 Å². The first-order chi connectivity index (χ1) is 11.6. The van der Waals surface area contributed by atoms with Gasteiger partial charge in [-0.3, -0.25) is 0 Å². The van der Waals surface area contributed by atoms with Crippen LogP contribution in [0.3, 0.4) is 0 Å². The van der Waals surface area contributed by atoms with E-state index in [1.54, 1.807) is 0 Å². The minimum Gasteiger partial charge on any atom is -0.423 e. The molecule has 0 aromatic heterocycles. The summed E-state index contributed by atoms with van der Waals surface area (Å²) in [4.78, 5) is 0. The molecule has 0 aromatic rings. The van der Waals surface area contributed by atoms with Crippen LogP contribution in [0.5, 0.6) is 0 Å². The molecule has 0 amide bonds. The van der Waals surface area contributed by atoms with Crippen molar-refractivity contribution in [1.82, 2.24) is 0 Å². The lowest BCUT2D eigenvalue weighted by Crippen LogP contribution is -2.22. The number of hydrogen-bond donors (Lipinski definition) is 0. The molecule has 0 spiro atoms. The summed E-state index contributed by atoms with van der Waals surface area (Å²) in [5.74, 6) is 0. The molecular formula is C22H48OSi. The Labute approximate surface area is 157 Å². The van der Waals surface area contributed by atoms with Crippen molar-refractivity contribution in [2.75, 3.05) is 0 Å². The molecule has 0 heterocycles. The quantitative estimate of drug-likeness (QED) is 0.177. The Hall–Kier alpha value is 0.177. The van der Waals surface area contributed by atoms with Gasteiger partial charge >= 0.3 is 0 Å². The van der Waals surface area contributed by atoms with Crippen LogP contribution < -0.4 is 0 Å². The maximum absolute atomic E-state index is 5.61. The SMILES string of the molecule is CCCCCCCCCCCCCCCCCCCC(C)(C)O[SiH3]. The van der Waals surface area contributed by atoms with Gasteiger partial charge in [-0.15, -0.1) is 0 Å². The largest absolute Gasteiger partial charge is 0.423 e. The van der Waals surface area contributed by atoms with Crippen LogP contribution in [-0.4, -0.2) is 16.1 Å². The third-order valence-corrected chi connectivity index (χ3v) is 6.54. The van der Waals surface area contributed by atoms with Crippen LogP contribution in [0.2, 0.25) is 0 Å². The van der Waals surface area contributed by atoms with Crippen molar-refractivity contribution < 1.29 is 4.43 Å². The van der Waals surface area contributed by atoms with Gasteiger partial charge in [-0.25, -0.2) is 0 Å². The summed E-state index contributed by atoms with van der Waals surface area (Å²) in [5.41, 5.74) is 0.141. The highest BCUT2D eigenvalue weighted by Gasteiger charge is 2.13. The first-order valence-corrected chi connectivity index (χ1v) is 12.0. The highest BCUT2D eigenvalue weighted by Crippen LogP contribution is 2.18. The molecule has 0 atom stereocenters. The zero-order chi connectivity index (χ0) is 17.9. The predicted octanol–water partition coefficient (Wildman–Crippen LogP) is 7.10. The highest BCUT2D eigenvalue weighted by atomic mass is 28.2. The van der Waals surface area contributed by atoms with Gasteiger partial charge < -0.3 is 4.43 Å². The Bertz CT molecular complexity index is 240. The van der Waals surface area contributed by atoms with Crippen LogP contribution in [0, 0.1) is 0 Å². The first-order valence-electron chi connectivity index (χ1n) is 11.2. The lowest BCUT2D eigenvalue weighted by atomic mass is 9.99. The second-order valence-electron chi connectivity index (χ2n) is 8.37. The van der Waals surface area contributed by atoms with Gasteiger partial charge in [-0.2, -0.15) is 0 Å². The van der Waals surface area contributed by atoms with Crippen LogP contribution in [0.4, 0.5) is 0 Å². The summed E-state index contributed by atoms with van der Waals surface area (Å²) >= 11 is 0. The van der Waals surface area contributed by atoms with Crippen LogP contribution in [0.1, 0.15) is 136 Å². The second kappa shape index (κ2) is 18.0. The predicted molar refractivity (Wildman–Crippen MR) is 114 cm³/mol. The molecule has 0 bridgehead atoms. The molecule has 0 radical (unpaired) electrons. The summed E-state index contributed by atoms with van der Waals surface area (Å²) in [6, 6.07) is 0. The molecule has 0 unspecified atom stereocenters. The van der Waals surface area contributed by atoms with E-state index >= 15 is 0 Å². The average Bonchev–Trinajstić information content (AvgIpc) is 2.57. The smallest absolute Gasteiger partial charge is 0.146 e. The normalized spacial score (nSPS) is 12.1. The van der Waals surface area contributed by atoms with Crippen molar-refractivity contribution in [2.24, 2.45) is 0 Å². The fraction of sp³-hybridized carbons (Fsp3) is 1.00. The first kappa shape index (κ1) is 24.2. The molecule has 146 valence electrons. The van der Waals surface area contributed by atoms with Crippen molar-refractivity contribution in [3.05, 3.63) is 0 Å². The zero-order valence-electron chi connectivity index (χ0n) is 17.6. The van der Waals surface area contributed by atoms with Gasteiger partial charge in [-0.1, -0.05) is 116 Å². The standard InChI is InChI=1S/C22H48OSi/c1-4-5-6-7-8-9-10-11-12-13-14-15-16-17-18-19-20-21-22(2,3)23-24/h4-21H2,1-3,24H3. The number of rotatable bonds is 19. The zero-order valence-corrected chi connectivity index (χ0v) is 19.6. The maximum atomic E-state index is 5.61. The van der Waals surface area contributed by atoms with Gasteiger partial charge in [0.05, 0.1) is 0 Å². The molecule has 0 rings (SSSR count). The Morgan fingerprint density at radius 1 is 0.542 bits per heavy atom. The third kappa shape index (κ3) is 18.5. The highest BCUT2D eigenvalue weighted by molar-refractivity contribution is 5.98. The van der Waals surface area contributed by atoms with Crippen molar-refractivity contribution in [3.63, 3.8) is 0 Å². The molecular weight excluding hydrogens is 308 g/mol. The molecule has 0 aliphatic carbocycles. The number of hydrogen-bond acceptors (Lipinski definition) is 1. The Kier molecular flexibility index (Phi) is 18.1. The fourth-order valence-corrected chi connectivity index (χ4v) is 3.58. The van der Waals surface area contributed by atoms with E-state index in [-0.39, 0.29) is 5.60 Å². The van der Waals surface area contributed by atoms with Crippen molar-refractivity contribution in [1.29, 1.82) is 0 Å².